The third kappa shape index (κ3) is 1.83. The van der Waals surface area contributed by atoms with Crippen molar-refractivity contribution in [3.8, 4) is 0 Å². The normalized spacial score (nSPS) is 25.1. The number of fused-ring (bicyclic) bond motifs is 1. The van der Waals surface area contributed by atoms with Crippen LogP contribution in [0.5, 0.6) is 0 Å². The van der Waals surface area contributed by atoms with E-state index in [0.717, 1.165) is 23.9 Å². The highest BCUT2D eigenvalue weighted by molar-refractivity contribution is 7.16. The first-order valence-electron chi connectivity index (χ1n) is 6.40. The molecule has 98 valence electrons. The van der Waals surface area contributed by atoms with Crippen molar-refractivity contribution in [1.82, 2.24) is 25.1 Å². The largest absolute Gasteiger partial charge is 0.316 e. The average molecular weight is 265 g/mol. The molecule has 1 aliphatic rings. The molecule has 0 saturated carbocycles. The smallest absolute Gasteiger partial charge is 0.234 e. The van der Waals surface area contributed by atoms with Crippen LogP contribution >= 0.6 is 11.3 Å². The third-order valence-corrected chi connectivity index (χ3v) is 4.54. The summed E-state index contributed by atoms with van der Waals surface area (Å²) in [4.78, 5) is 0.911. The number of hydrogen-bond acceptors (Lipinski definition) is 5. The summed E-state index contributed by atoms with van der Waals surface area (Å²) in [6.07, 6.45) is 0. The van der Waals surface area contributed by atoms with Crippen molar-refractivity contribution in [2.45, 2.75) is 39.0 Å². The van der Waals surface area contributed by atoms with Gasteiger partial charge in [-0.15, -0.1) is 10.2 Å². The van der Waals surface area contributed by atoms with Crippen molar-refractivity contribution in [2.24, 2.45) is 5.92 Å². The van der Waals surface area contributed by atoms with Gasteiger partial charge in [0.05, 0.1) is 0 Å². The van der Waals surface area contributed by atoms with Gasteiger partial charge in [-0.1, -0.05) is 39.0 Å². The predicted octanol–water partition coefficient (Wildman–Crippen LogP) is 1.81. The number of aromatic nitrogens is 4. The van der Waals surface area contributed by atoms with E-state index in [-0.39, 0.29) is 5.41 Å². The van der Waals surface area contributed by atoms with E-state index in [1.165, 1.54) is 5.01 Å². The zero-order valence-corrected chi connectivity index (χ0v) is 12.1. The van der Waals surface area contributed by atoms with Crippen LogP contribution < -0.4 is 5.32 Å². The van der Waals surface area contributed by atoms with Crippen molar-refractivity contribution >= 4 is 16.3 Å². The van der Waals surface area contributed by atoms with Gasteiger partial charge in [-0.2, -0.15) is 9.61 Å². The minimum Gasteiger partial charge on any atom is -0.316 e. The van der Waals surface area contributed by atoms with E-state index in [0.29, 0.717) is 11.8 Å². The Morgan fingerprint density at radius 3 is 2.67 bits per heavy atom. The quantitative estimate of drug-likeness (QED) is 0.854. The van der Waals surface area contributed by atoms with Gasteiger partial charge in [0.25, 0.3) is 0 Å². The van der Waals surface area contributed by atoms with E-state index in [1.807, 2.05) is 4.52 Å². The van der Waals surface area contributed by atoms with Gasteiger partial charge >= 0.3 is 0 Å². The van der Waals surface area contributed by atoms with E-state index in [9.17, 15) is 0 Å². The van der Waals surface area contributed by atoms with Crippen LogP contribution in [0, 0.1) is 5.92 Å². The van der Waals surface area contributed by atoms with Crippen LogP contribution in [0.15, 0.2) is 0 Å². The van der Waals surface area contributed by atoms with E-state index >= 15 is 0 Å². The molecule has 6 heteroatoms. The lowest BCUT2D eigenvalue weighted by Gasteiger charge is -2.14. The van der Waals surface area contributed by atoms with Crippen LogP contribution in [0.2, 0.25) is 0 Å². The summed E-state index contributed by atoms with van der Waals surface area (Å²) in [5, 5.41) is 17.9. The molecule has 1 aliphatic heterocycles. The number of nitrogens with one attached hydrogen (secondary N) is 1. The Morgan fingerprint density at radius 2 is 2.06 bits per heavy atom. The van der Waals surface area contributed by atoms with Crippen LogP contribution in [0.4, 0.5) is 0 Å². The van der Waals surface area contributed by atoms with Gasteiger partial charge in [-0.05, 0) is 12.5 Å². The molecule has 0 spiro atoms. The summed E-state index contributed by atoms with van der Waals surface area (Å²) in [7, 11) is 0. The summed E-state index contributed by atoms with van der Waals surface area (Å²) in [6, 6.07) is 0. The summed E-state index contributed by atoms with van der Waals surface area (Å²) in [5.74, 6) is 2.11. The van der Waals surface area contributed by atoms with Crippen molar-refractivity contribution < 1.29 is 0 Å². The Labute approximate surface area is 111 Å². The lowest BCUT2D eigenvalue weighted by Crippen LogP contribution is -2.17. The minimum absolute atomic E-state index is 0.0235. The molecule has 0 radical (unpaired) electrons. The summed E-state index contributed by atoms with van der Waals surface area (Å²) in [5.41, 5.74) is -0.0235. The topological polar surface area (TPSA) is 55.1 Å². The maximum Gasteiger partial charge on any atom is 0.234 e. The fraction of sp³-hybridized carbons (Fsp3) is 0.750. The van der Waals surface area contributed by atoms with Crippen LogP contribution in [-0.2, 0) is 5.41 Å². The molecule has 0 bridgehead atoms. The van der Waals surface area contributed by atoms with E-state index in [2.05, 4.69) is 43.2 Å². The Hall–Kier alpha value is -1.01. The Bertz CT molecular complexity index is 565. The van der Waals surface area contributed by atoms with Gasteiger partial charge in [0.15, 0.2) is 5.82 Å². The lowest BCUT2D eigenvalue weighted by molar-refractivity contribution is 0.518. The second-order valence-electron chi connectivity index (χ2n) is 6.15. The van der Waals surface area contributed by atoms with E-state index in [1.54, 1.807) is 11.3 Å². The van der Waals surface area contributed by atoms with Crippen molar-refractivity contribution in [2.75, 3.05) is 13.1 Å². The molecule has 0 aromatic carbocycles. The Kier molecular flexibility index (Phi) is 2.67. The number of hydrogen-bond donors (Lipinski definition) is 1. The number of nitrogens with zero attached hydrogens (tertiary/aromatic N) is 4. The van der Waals surface area contributed by atoms with Crippen molar-refractivity contribution in [3.05, 3.63) is 10.8 Å². The highest BCUT2D eigenvalue weighted by Crippen LogP contribution is 2.32. The monoisotopic (exact) mass is 265 g/mol. The third-order valence-electron chi connectivity index (χ3n) is 3.51. The molecule has 2 aromatic heterocycles. The maximum absolute atomic E-state index is 4.74. The Morgan fingerprint density at radius 1 is 1.28 bits per heavy atom. The zero-order valence-electron chi connectivity index (χ0n) is 11.3. The van der Waals surface area contributed by atoms with Crippen molar-refractivity contribution in [1.29, 1.82) is 0 Å². The molecular weight excluding hydrogens is 246 g/mol. The second-order valence-corrected chi connectivity index (χ2v) is 7.14. The first kappa shape index (κ1) is 12.0. The van der Waals surface area contributed by atoms with Gasteiger partial charge in [-0.3, -0.25) is 0 Å². The molecule has 2 aromatic rings. The molecule has 1 saturated heterocycles. The maximum atomic E-state index is 4.74. The highest BCUT2D eigenvalue weighted by Gasteiger charge is 2.30. The number of rotatable bonds is 1. The molecule has 5 nitrogen and oxygen atoms in total. The van der Waals surface area contributed by atoms with Crippen molar-refractivity contribution in [3.63, 3.8) is 0 Å². The Balaban J connectivity index is 2.04. The van der Waals surface area contributed by atoms with Crippen LogP contribution in [0.3, 0.4) is 0 Å². The first-order valence-corrected chi connectivity index (χ1v) is 7.22. The molecule has 1 N–H and O–H groups in total. The molecule has 0 aliphatic carbocycles. The SMILES string of the molecule is C[C@@H]1CNC[C@H]1c1nn2c(C(C)(C)C)nnc2s1. The van der Waals surface area contributed by atoms with Gasteiger partial charge in [0.1, 0.15) is 5.01 Å². The standard InChI is InChI=1S/C12H19N5S/c1-7-5-13-6-8(7)9-16-17-10(12(2,3)4)14-15-11(17)18-9/h7-8,13H,5-6H2,1-4H3/t7-,8-/m1/s1. The van der Waals surface area contributed by atoms with Crippen LogP contribution in [0.25, 0.3) is 4.96 Å². The van der Waals surface area contributed by atoms with Gasteiger partial charge < -0.3 is 5.32 Å². The van der Waals surface area contributed by atoms with Crippen LogP contribution in [0.1, 0.15) is 44.4 Å². The minimum atomic E-state index is -0.0235. The van der Waals surface area contributed by atoms with E-state index < -0.39 is 0 Å². The molecule has 3 rings (SSSR count). The molecule has 2 atom stereocenters. The molecule has 0 amide bonds. The van der Waals surface area contributed by atoms with Gasteiger partial charge in [-0.25, -0.2) is 0 Å². The lowest BCUT2D eigenvalue weighted by atomic mass is 9.96. The zero-order chi connectivity index (χ0) is 12.9. The molecule has 18 heavy (non-hydrogen) atoms. The summed E-state index contributed by atoms with van der Waals surface area (Å²) in [6.45, 7) is 10.8. The molecular formula is C12H19N5S. The molecule has 1 fully saturated rings. The fourth-order valence-electron chi connectivity index (χ4n) is 2.39. The second kappa shape index (κ2) is 3.99. The average Bonchev–Trinajstić information content (AvgIpc) is 2.87. The van der Waals surface area contributed by atoms with Crippen LogP contribution in [-0.4, -0.2) is 32.9 Å². The van der Waals surface area contributed by atoms with E-state index in [4.69, 9.17) is 5.10 Å². The van der Waals surface area contributed by atoms with Gasteiger partial charge in [0.2, 0.25) is 4.96 Å². The van der Waals surface area contributed by atoms with Gasteiger partial charge in [0, 0.05) is 17.9 Å². The highest BCUT2D eigenvalue weighted by atomic mass is 32.1. The predicted molar refractivity (Wildman–Crippen MR) is 72.1 cm³/mol. The fourth-order valence-corrected chi connectivity index (χ4v) is 3.46. The summed E-state index contributed by atoms with van der Waals surface area (Å²) < 4.78 is 1.92. The molecule has 0 unspecified atom stereocenters. The summed E-state index contributed by atoms with van der Waals surface area (Å²) >= 11 is 1.67. The first-order chi connectivity index (χ1) is 8.47. The molecule has 3 heterocycles.